The van der Waals surface area contributed by atoms with Crippen LogP contribution in [0, 0.1) is 0 Å². The van der Waals surface area contributed by atoms with Crippen LogP contribution in [0.25, 0.3) is 0 Å². The highest BCUT2D eigenvalue weighted by molar-refractivity contribution is 5.66. The Labute approximate surface area is 85.1 Å². The summed E-state index contributed by atoms with van der Waals surface area (Å²) in [6.07, 6.45) is 2.00. The second kappa shape index (κ2) is 3.77. The summed E-state index contributed by atoms with van der Waals surface area (Å²) in [6, 6.07) is -0.00201. The minimum Gasteiger partial charge on any atom is -0.465 e. The standard InChI is InChI=1S/C10H20N2O2/c1-10(2,3)12(9(13)14)8-6-4-5-7(8)11/h7-8H,4-6,11H2,1-3H3,(H,13,14)/t7-,8-/m1/s1. The lowest BCUT2D eigenvalue weighted by Gasteiger charge is -2.39. The van der Waals surface area contributed by atoms with E-state index in [2.05, 4.69) is 0 Å². The molecule has 1 aliphatic carbocycles. The molecule has 0 spiro atoms. The van der Waals surface area contributed by atoms with Gasteiger partial charge < -0.3 is 10.8 Å². The third-order valence-corrected chi connectivity index (χ3v) is 2.79. The van der Waals surface area contributed by atoms with Crippen LogP contribution in [0.3, 0.4) is 0 Å². The van der Waals surface area contributed by atoms with E-state index in [1.54, 1.807) is 0 Å². The van der Waals surface area contributed by atoms with Crippen LogP contribution in [-0.2, 0) is 0 Å². The summed E-state index contributed by atoms with van der Waals surface area (Å²) in [6.45, 7) is 5.73. The van der Waals surface area contributed by atoms with E-state index < -0.39 is 6.09 Å². The first kappa shape index (κ1) is 11.3. The first-order chi connectivity index (χ1) is 6.34. The van der Waals surface area contributed by atoms with Gasteiger partial charge in [0.05, 0.1) is 6.04 Å². The van der Waals surface area contributed by atoms with Gasteiger partial charge >= 0.3 is 6.09 Å². The summed E-state index contributed by atoms with van der Waals surface area (Å²) in [5.41, 5.74) is 5.55. The van der Waals surface area contributed by atoms with Crippen LogP contribution in [0.5, 0.6) is 0 Å². The highest BCUT2D eigenvalue weighted by Crippen LogP contribution is 2.28. The van der Waals surface area contributed by atoms with Crippen molar-refractivity contribution < 1.29 is 9.90 Å². The van der Waals surface area contributed by atoms with Gasteiger partial charge in [-0.05, 0) is 40.0 Å². The van der Waals surface area contributed by atoms with E-state index in [4.69, 9.17) is 10.8 Å². The van der Waals surface area contributed by atoms with Crippen LogP contribution in [0.1, 0.15) is 40.0 Å². The molecule has 3 N–H and O–H groups in total. The summed E-state index contributed by atoms with van der Waals surface area (Å²) < 4.78 is 0. The molecule has 4 nitrogen and oxygen atoms in total. The molecule has 0 aliphatic heterocycles. The van der Waals surface area contributed by atoms with Crippen molar-refractivity contribution in [1.82, 2.24) is 4.90 Å². The van der Waals surface area contributed by atoms with Crippen LogP contribution in [-0.4, -0.2) is 33.7 Å². The van der Waals surface area contributed by atoms with Crippen LogP contribution >= 0.6 is 0 Å². The Balaban J connectivity index is 2.83. The monoisotopic (exact) mass is 200 g/mol. The first-order valence-electron chi connectivity index (χ1n) is 5.12. The van der Waals surface area contributed by atoms with E-state index in [1.807, 2.05) is 20.8 Å². The normalized spacial score (nSPS) is 27.7. The second-order valence-electron chi connectivity index (χ2n) is 4.99. The lowest BCUT2D eigenvalue weighted by atomic mass is 10.0. The fourth-order valence-corrected chi connectivity index (χ4v) is 2.22. The number of hydrogen-bond acceptors (Lipinski definition) is 2. The number of hydrogen-bond donors (Lipinski definition) is 2. The molecule has 1 aliphatic rings. The molecule has 4 heteroatoms. The number of nitrogens with zero attached hydrogens (tertiary/aromatic N) is 1. The SMILES string of the molecule is CC(C)(C)N(C(=O)O)[C@@H]1CCC[C@H]1N. The Hall–Kier alpha value is -0.770. The van der Waals surface area contributed by atoms with Crippen LogP contribution in [0.4, 0.5) is 4.79 Å². The van der Waals surface area contributed by atoms with E-state index in [0.29, 0.717) is 0 Å². The Morgan fingerprint density at radius 3 is 2.29 bits per heavy atom. The van der Waals surface area contributed by atoms with E-state index in [9.17, 15) is 4.79 Å². The number of carbonyl (C=O) groups is 1. The van der Waals surface area contributed by atoms with E-state index in [-0.39, 0.29) is 17.6 Å². The van der Waals surface area contributed by atoms with Crippen molar-refractivity contribution in [2.24, 2.45) is 5.73 Å². The Bertz CT molecular complexity index is 223. The summed E-state index contributed by atoms with van der Waals surface area (Å²) in [5.74, 6) is 0. The summed E-state index contributed by atoms with van der Waals surface area (Å²) in [4.78, 5) is 12.7. The maximum absolute atomic E-state index is 11.1. The average molecular weight is 200 g/mol. The van der Waals surface area contributed by atoms with Crippen LogP contribution in [0.15, 0.2) is 0 Å². The largest absolute Gasteiger partial charge is 0.465 e. The molecule has 0 heterocycles. The molecule has 0 unspecified atom stereocenters. The highest BCUT2D eigenvalue weighted by atomic mass is 16.4. The first-order valence-corrected chi connectivity index (χ1v) is 5.12. The van der Waals surface area contributed by atoms with Gasteiger partial charge in [-0.15, -0.1) is 0 Å². The second-order valence-corrected chi connectivity index (χ2v) is 4.99. The molecule has 14 heavy (non-hydrogen) atoms. The van der Waals surface area contributed by atoms with Crippen molar-refractivity contribution in [2.45, 2.75) is 57.7 Å². The minimum absolute atomic E-state index is 0.00493. The average Bonchev–Trinajstić information content (AvgIpc) is 2.32. The Kier molecular flexibility index (Phi) is 3.04. The van der Waals surface area contributed by atoms with Gasteiger partial charge in [0.25, 0.3) is 0 Å². The third kappa shape index (κ3) is 2.18. The summed E-state index contributed by atoms with van der Waals surface area (Å²) in [7, 11) is 0. The predicted octanol–water partition coefficient (Wildman–Crippen LogP) is 1.64. The minimum atomic E-state index is -0.861. The molecule has 82 valence electrons. The quantitative estimate of drug-likeness (QED) is 0.676. The zero-order valence-electron chi connectivity index (χ0n) is 9.16. The zero-order chi connectivity index (χ0) is 10.9. The van der Waals surface area contributed by atoms with Gasteiger partial charge in [0, 0.05) is 11.6 Å². The van der Waals surface area contributed by atoms with Gasteiger partial charge in [-0.1, -0.05) is 0 Å². The fourth-order valence-electron chi connectivity index (χ4n) is 2.22. The van der Waals surface area contributed by atoms with Crippen molar-refractivity contribution >= 4 is 6.09 Å². The molecular weight excluding hydrogens is 180 g/mol. The van der Waals surface area contributed by atoms with Gasteiger partial charge in [-0.25, -0.2) is 4.79 Å². The van der Waals surface area contributed by atoms with Crippen molar-refractivity contribution in [3.8, 4) is 0 Å². The number of carboxylic acid groups (broad SMARTS) is 1. The molecule has 0 aromatic heterocycles. The number of nitrogens with two attached hydrogens (primary N) is 1. The molecule has 2 atom stereocenters. The molecular formula is C10H20N2O2. The highest BCUT2D eigenvalue weighted by Gasteiger charge is 2.38. The smallest absolute Gasteiger partial charge is 0.408 e. The van der Waals surface area contributed by atoms with E-state index >= 15 is 0 Å². The maximum Gasteiger partial charge on any atom is 0.408 e. The zero-order valence-corrected chi connectivity index (χ0v) is 9.16. The molecule has 1 saturated carbocycles. The molecule has 1 amide bonds. The van der Waals surface area contributed by atoms with Crippen molar-refractivity contribution in [3.63, 3.8) is 0 Å². The molecule has 0 radical (unpaired) electrons. The topological polar surface area (TPSA) is 66.6 Å². The van der Waals surface area contributed by atoms with Crippen molar-refractivity contribution in [2.75, 3.05) is 0 Å². The van der Waals surface area contributed by atoms with Crippen molar-refractivity contribution in [3.05, 3.63) is 0 Å². The summed E-state index contributed by atoms with van der Waals surface area (Å²) >= 11 is 0. The van der Waals surface area contributed by atoms with Gasteiger partial charge in [0.2, 0.25) is 0 Å². The molecule has 0 bridgehead atoms. The fraction of sp³-hybridized carbons (Fsp3) is 0.900. The lowest BCUT2D eigenvalue weighted by Crippen LogP contribution is -2.55. The van der Waals surface area contributed by atoms with Crippen LogP contribution in [0.2, 0.25) is 0 Å². The van der Waals surface area contributed by atoms with Crippen molar-refractivity contribution in [1.29, 1.82) is 0 Å². The predicted molar refractivity (Wildman–Crippen MR) is 55.2 cm³/mol. The number of rotatable bonds is 1. The molecule has 0 aromatic rings. The molecule has 1 rings (SSSR count). The molecule has 0 saturated heterocycles. The number of amides is 1. The van der Waals surface area contributed by atoms with Gasteiger partial charge in [0.15, 0.2) is 0 Å². The summed E-state index contributed by atoms with van der Waals surface area (Å²) in [5, 5.41) is 9.16. The molecule has 0 aromatic carbocycles. The third-order valence-electron chi connectivity index (χ3n) is 2.79. The van der Waals surface area contributed by atoms with Crippen LogP contribution < -0.4 is 5.73 Å². The van der Waals surface area contributed by atoms with E-state index in [0.717, 1.165) is 19.3 Å². The Morgan fingerprint density at radius 2 is 2.00 bits per heavy atom. The maximum atomic E-state index is 11.1. The molecule has 1 fully saturated rings. The van der Waals surface area contributed by atoms with Gasteiger partial charge in [-0.2, -0.15) is 0 Å². The van der Waals surface area contributed by atoms with E-state index in [1.165, 1.54) is 4.90 Å². The van der Waals surface area contributed by atoms with Gasteiger partial charge in [-0.3, -0.25) is 4.90 Å². The lowest BCUT2D eigenvalue weighted by molar-refractivity contribution is 0.0671. The van der Waals surface area contributed by atoms with Gasteiger partial charge in [0.1, 0.15) is 0 Å². The Morgan fingerprint density at radius 1 is 1.43 bits per heavy atom.